The Balaban J connectivity index is 1.72. The molecular weight excluding hydrogens is 332 g/mol. The SMILES string of the molecule is CCOC(=O)C12C(=O)Oc3ccccc3C1CC1OC1C1CCCCC12. The first-order valence-electron chi connectivity index (χ1n) is 9.81. The maximum atomic E-state index is 13.4. The third kappa shape index (κ3) is 2.07. The third-order valence-electron chi connectivity index (χ3n) is 6.91. The summed E-state index contributed by atoms with van der Waals surface area (Å²) in [5.74, 6) is -0.309. The quantitative estimate of drug-likeness (QED) is 0.352. The largest absolute Gasteiger partial charge is 0.465 e. The third-order valence-corrected chi connectivity index (χ3v) is 6.91. The van der Waals surface area contributed by atoms with Crippen LogP contribution in [0.5, 0.6) is 5.75 Å². The van der Waals surface area contributed by atoms with Gasteiger partial charge < -0.3 is 14.2 Å². The van der Waals surface area contributed by atoms with Gasteiger partial charge in [-0.2, -0.15) is 0 Å². The van der Waals surface area contributed by atoms with Crippen LogP contribution in [-0.4, -0.2) is 30.8 Å². The number of hydrogen-bond acceptors (Lipinski definition) is 5. The average Bonchev–Trinajstić information content (AvgIpc) is 3.42. The predicted molar refractivity (Wildman–Crippen MR) is 92.6 cm³/mol. The number of esters is 2. The zero-order valence-electron chi connectivity index (χ0n) is 15.0. The lowest BCUT2D eigenvalue weighted by Gasteiger charge is -2.47. The van der Waals surface area contributed by atoms with Gasteiger partial charge in [-0.05, 0) is 49.7 Å². The normalized spacial score (nSPS) is 40.0. The molecule has 1 aromatic carbocycles. The molecule has 2 aliphatic carbocycles. The van der Waals surface area contributed by atoms with E-state index in [4.69, 9.17) is 14.2 Å². The highest BCUT2D eigenvalue weighted by Crippen LogP contribution is 2.63. The number of hydrogen-bond donors (Lipinski definition) is 0. The number of carbonyl (C=O) groups is 2. The van der Waals surface area contributed by atoms with Crippen LogP contribution in [-0.2, 0) is 19.1 Å². The van der Waals surface area contributed by atoms with Crippen LogP contribution in [0, 0.1) is 17.3 Å². The molecule has 0 N–H and O–H groups in total. The van der Waals surface area contributed by atoms with E-state index in [1.807, 2.05) is 24.3 Å². The maximum Gasteiger partial charge on any atom is 0.329 e. The fraction of sp³-hybridized carbons (Fsp3) is 0.619. The molecule has 2 heterocycles. The number of rotatable bonds is 2. The van der Waals surface area contributed by atoms with E-state index in [0.29, 0.717) is 12.2 Å². The molecule has 0 bridgehead atoms. The Kier molecular flexibility index (Phi) is 3.64. The van der Waals surface area contributed by atoms with Crippen molar-refractivity contribution in [3.05, 3.63) is 29.8 Å². The predicted octanol–water partition coefficient (Wildman–Crippen LogP) is 3.22. The summed E-state index contributed by atoms with van der Waals surface area (Å²) in [6.07, 6.45) is 5.02. The fourth-order valence-corrected chi connectivity index (χ4v) is 5.86. The monoisotopic (exact) mass is 356 g/mol. The number of para-hydroxylation sites is 1. The van der Waals surface area contributed by atoms with Crippen LogP contribution in [0.25, 0.3) is 0 Å². The molecule has 5 rings (SSSR count). The summed E-state index contributed by atoms with van der Waals surface area (Å²) in [5, 5.41) is 0. The molecule has 1 saturated heterocycles. The molecule has 26 heavy (non-hydrogen) atoms. The molecule has 4 aliphatic rings. The van der Waals surface area contributed by atoms with Gasteiger partial charge in [-0.15, -0.1) is 0 Å². The van der Waals surface area contributed by atoms with Crippen molar-refractivity contribution < 1.29 is 23.8 Å². The number of carbonyl (C=O) groups excluding carboxylic acids is 2. The van der Waals surface area contributed by atoms with Gasteiger partial charge in [0.25, 0.3) is 0 Å². The van der Waals surface area contributed by atoms with Crippen molar-refractivity contribution in [3.8, 4) is 5.75 Å². The molecule has 3 fully saturated rings. The van der Waals surface area contributed by atoms with Crippen molar-refractivity contribution in [1.82, 2.24) is 0 Å². The molecule has 6 unspecified atom stereocenters. The summed E-state index contributed by atoms with van der Waals surface area (Å²) in [6.45, 7) is 2.06. The van der Waals surface area contributed by atoms with Crippen LogP contribution in [0.1, 0.15) is 50.5 Å². The van der Waals surface area contributed by atoms with E-state index >= 15 is 0 Å². The van der Waals surface area contributed by atoms with Crippen molar-refractivity contribution in [2.24, 2.45) is 17.3 Å². The topological polar surface area (TPSA) is 65.1 Å². The highest BCUT2D eigenvalue weighted by molar-refractivity contribution is 6.04. The summed E-state index contributed by atoms with van der Waals surface area (Å²) in [5.41, 5.74) is -0.285. The zero-order valence-corrected chi connectivity index (χ0v) is 15.0. The van der Waals surface area contributed by atoms with Crippen molar-refractivity contribution >= 4 is 11.9 Å². The lowest BCUT2D eigenvalue weighted by atomic mass is 9.56. The van der Waals surface area contributed by atoms with E-state index < -0.39 is 17.4 Å². The molecule has 5 nitrogen and oxygen atoms in total. The highest BCUT2D eigenvalue weighted by Gasteiger charge is 2.70. The van der Waals surface area contributed by atoms with Crippen LogP contribution in [0.3, 0.4) is 0 Å². The number of epoxide rings is 1. The van der Waals surface area contributed by atoms with E-state index in [9.17, 15) is 9.59 Å². The van der Waals surface area contributed by atoms with Gasteiger partial charge in [0.1, 0.15) is 5.75 Å². The Hall–Kier alpha value is -1.88. The lowest BCUT2D eigenvalue weighted by Crippen LogP contribution is -2.57. The Morgan fingerprint density at radius 1 is 1.27 bits per heavy atom. The Labute approximate surface area is 153 Å². The minimum atomic E-state index is -1.23. The molecule has 1 aromatic rings. The molecular formula is C21H24O5. The Morgan fingerprint density at radius 2 is 2.08 bits per heavy atom. The maximum absolute atomic E-state index is 13.4. The number of fused-ring (bicyclic) bond motifs is 7. The lowest BCUT2D eigenvalue weighted by molar-refractivity contribution is -0.180. The first-order valence-corrected chi connectivity index (χ1v) is 9.81. The molecule has 0 spiro atoms. The first kappa shape index (κ1) is 16.3. The summed E-state index contributed by atoms with van der Waals surface area (Å²) in [6, 6.07) is 7.61. The second-order valence-corrected chi connectivity index (χ2v) is 8.00. The van der Waals surface area contributed by atoms with Gasteiger partial charge in [0, 0.05) is 5.92 Å². The van der Waals surface area contributed by atoms with Gasteiger partial charge in [0.05, 0.1) is 18.8 Å². The number of benzene rings is 1. The molecule has 0 aromatic heterocycles. The summed E-state index contributed by atoms with van der Waals surface area (Å²) >= 11 is 0. The highest BCUT2D eigenvalue weighted by atomic mass is 16.6. The van der Waals surface area contributed by atoms with Gasteiger partial charge in [0.15, 0.2) is 5.41 Å². The Morgan fingerprint density at radius 3 is 2.92 bits per heavy atom. The summed E-state index contributed by atoms with van der Waals surface area (Å²) < 4.78 is 17.3. The van der Waals surface area contributed by atoms with E-state index in [0.717, 1.165) is 31.2 Å². The van der Waals surface area contributed by atoms with E-state index in [1.54, 1.807) is 6.92 Å². The van der Waals surface area contributed by atoms with Crippen molar-refractivity contribution in [2.75, 3.05) is 6.61 Å². The standard InChI is InChI=1S/C21H24O5/c1-2-24-19(22)21-14-9-5-3-8-13(14)18-17(25-18)11-15(21)12-7-4-6-10-16(12)26-20(21)23/h4,6-7,10,13-15,17-18H,2-3,5,8-9,11H2,1H3. The van der Waals surface area contributed by atoms with Crippen molar-refractivity contribution in [2.45, 2.75) is 57.2 Å². The second kappa shape index (κ2) is 5.81. The van der Waals surface area contributed by atoms with Crippen LogP contribution in [0.15, 0.2) is 24.3 Å². The first-order chi connectivity index (χ1) is 12.7. The van der Waals surface area contributed by atoms with Gasteiger partial charge in [-0.1, -0.05) is 31.0 Å². The molecule has 2 aliphatic heterocycles. The van der Waals surface area contributed by atoms with Gasteiger partial charge in [-0.3, -0.25) is 9.59 Å². The minimum absolute atomic E-state index is 0.0707. The van der Waals surface area contributed by atoms with Gasteiger partial charge >= 0.3 is 11.9 Å². The zero-order chi connectivity index (χ0) is 17.9. The van der Waals surface area contributed by atoms with Crippen LogP contribution >= 0.6 is 0 Å². The Bertz CT molecular complexity index is 759. The molecule has 0 radical (unpaired) electrons. The number of ether oxygens (including phenoxy) is 3. The molecule has 5 heteroatoms. The average molecular weight is 356 g/mol. The van der Waals surface area contributed by atoms with Gasteiger partial charge in [-0.25, -0.2) is 0 Å². The van der Waals surface area contributed by atoms with E-state index in [2.05, 4.69) is 0 Å². The van der Waals surface area contributed by atoms with Gasteiger partial charge in [0.2, 0.25) is 0 Å². The second-order valence-electron chi connectivity index (χ2n) is 8.00. The van der Waals surface area contributed by atoms with Crippen LogP contribution in [0.2, 0.25) is 0 Å². The van der Waals surface area contributed by atoms with Crippen LogP contribution < -0.4 is 4.74 Å². The minimum Gasteiger partial charge on any atom is -0.465 e. The van der Waals surface area contributed by atoms with Crippen LogP contribution in [0.4, 0.5) is 0 Å². The molecule has 138 valence electrons. The molecule has 6 atom stereocenters. The van der Waals surface area contributed by atoms with Crippen molar-refractivity contribution in [1.29, 1.82) is 0 Å². The molecule has 0 amide bonds. The molecule has 2 saturated carbocycles. The fourth-order valence-electron chi connectivity index (χ4n) is 5.86. The summed E-state index contributed by atoms with van der Waals surface area (Å²) in [7, 11) is 0. The van der Waals surface area contributed by atoms with Crippen molar-refractivity contribution in [3.63, 3.8) is 0 Å². The van der Waals surface area contributed by atoms with E-state index in [1.165, 1.54) is 0 Å². The summed E-state index contributed by atoms with van der Waals surface area (Å²) in [4.78, 5) is 26.7. The van der Waals surface area contributed by atoms with E-state index in [-0.39, 0.29) is 36.6 Å². The smallest absolute Gasteiger partial charge is 0.329 e.